The Hall–Kier alpha value is -6.90. The van der Waals surface area contributed by atoms with Gasteiger partial charge in [0.2, 0.25) is 0 Å². The van der Waals surface area contributed by atoms with Crippen LogP contribution in [-0.4, -0.2) is 94.3 Å². The fourth-order valence-corrected chi connectivity index (χ4v) is 6.33. The Morgan fingerprint density at radius 2 is 0.935 bits per heavy atom. The highest BCUT2D eigenvalue weighted by atomic mass is 16.4. The average Bonchev–Trinajstić information content (AvgIpc) is 3.40. The van der Waals surface area contributed by atoms with Crippen LogP contribution >= 0.6 is 0 Å². The maximum Gasteiger partial charge on any atom is 0.354 e. The molecule has 0 aliphatic carbocycles. The van der Waals surface area contributed by atoms with Gasteiger partial charge in [-0.3, -0.25) is 24.7 Å². The van der Waals surface area contributed by atoms with Gasteiger partial charge >= 0.3 is 5.97 Å². The van der Waals surface area contributed by atoms with Gasteiger partial charge in [0.05, 0.1) is 42.1 Å². The number of aldehydes is 1. The fraction of sp³-hybridized carbons (Fsp3) is 0.406. The van der Waals surface area contributed by atoms with Crippen molar-refractivity contribution >= 4 is 24.4 Å². The van der Waals surface area contributed by atoms with Crippen LogP contribution in [0.1, 0.15) is 185 Å². The van der Waals surface area contributed by atoms with E-state index in [9.17, 15) is 14.7 Å². The van der Waals surface area contributed by atoms with Crippen LogP contribution in [-0.2, 0) is 26.0 Å². The number of carbonyl (C=O) groups excluding carboxylic acids is 1. The first-order valence-corrected chi connectivity index (χ1v) is 26.5. The number of aliphatic hydroxyl groups excluding tert-OH is 3. The van der Waals surface area contributed by atoms with Gasteiger partial charge in [0.1, 0.15) is 11.4 Å². The molecule has 0 spiro atoms. The van der Waals surface area contributed by atoms with Crippen molar-refractivity contribution in [3.05, 3.63) is 202 Å². The van der Waals surface area contributed by atoms with Crippen molar-refractivity contribution in [2.45, 2.75) is 139 Å². The molecule has 1 atom stereocenters. The molecule has 0 saturated heterocycles. The van der Waals surface area contributed by atoms with Crippen molar-refractivity contribution in [3.8, 4) is 0 Å². The number of aromatic nitrogens is 6. The quantitative estimate of drug-likeness (QED) is 0.0469. The smallest absolute Gasteiger partial charge is 0.354 e. The highest BCUT2D eigenvalue weighted by molar-refractivity contribution is 5.85. The molecule has 1 unspecified atom stereocenters. The summed E-state index contributed by atoms with van der Waals surface area (Å²) < 4.78 is 0. The van der Waals surface area contributed by atoms with Crippen molar-refractivity contribution in [2.24, 2.45) is 11.8 Å². The van der Waals surface area contributed by atoms with Crippen LogP contribution in [0.25, 0.3) is 12.2 Å². The minimum Gasteiger partial charge on any atom is -0.477 e. The molecule has 4 N–H and O–H groups in total. The normalized spacial score (nSPS) is 11.3. The van der Waals surface area contributed by atoms with Gasteiger partial charge in [-0.05, 0) is 135 Å². The predicted molar refractivity (Wildman–Crippen MR) is 316 cm³/mol. The number of carboxylic acids is 1. The largest absolute Gasteiger partial charge is 0.477 e. The molecule has 416 valence electrons. The number of aliphatic hydroxyl groups is 3. The van der Waals surface area contributed by atoms with E-state index in [4.69, 9.17) is 15.3 Å². The van der Waals surface area contributed by atoms with Crippen molar-refractivity contribution in [2.75, 3.05) is 20.7 Å². The lowest BCUT2D eigenvalue weighted by Gasteiger charge is -2.11. The van der Waals surface area contributed by atoms with E-state index >= 15 is 0 Å². The van der Waals surface area contributed by atoms with Gasteiger partial charge < -0.3 is 25.3 Å². The van der Waals surface area contributed by atoms with Gasteiger partial charge in [0.15, 0.2) is 6.29 Å². The molecule has 0 saturated carbocycles. The van der Waals surface area contributed by atoms with E-state index in [0.29, 0.717) is 41.7 Å². The van der Waals surface area contributed by atoms with Crippen LogP contribution in [0.15, 0.2) is 134 Å². The van der Waals surface area contributed by atoms with E-state index in [2.05, 4.69) is 161 Å². The summed E-state index contributed by atoms with van der Waals surface area (Å²) in [6.07, 6.45) is 11.4. The van der Waals surface area contributed by atoms with Crippen molar-refractivity contribution in [1.82, 2.24) is 34.8 Å². The Balaban J connectivity index is 0.000000464. The molecule has 0 aromatic carbocycles. The highest BCUT2D eigenvalue weighted by Crippen LogP contribution is 2.15. The van der Waals surface area contributed by atoms with Crippen LogP contribution in [0.4, 0.5) is 0 Å². The van der Waals surface area contributed by atoms with E-state index in [1.165, 1.54) is 11.8 Å². The predicted octanol–water partition coefficient (Wildman–Crippen LogP) is 13.0. The molecule has 6 rings (SSSR count). The molecule has 6 heterocycles. The summed E-state index contributed by atoms with van der Waals surface area (Å²) in [6.45, 7) is 29.5. The molecule has 0 aliphatic rings. The molecular weight excluding hydrogens is 963 g/mol. The molecule has 0 radical (unpaired) electrons. The number of hydrogen-bond acceptors (Lipinski definition) is 12. The minimum atomic E-state index is -0.975. The molecule has 6 aromatic heterocycles. The second-order valence-corrected chi connectivity index (χ2v) is 20.3. The lowest BCUT2D eigenvalue weighted by molar-refractivity contribution is 0.0690. The fourth-order valence-electron chi connectivity index (χ4n) is 6.33. The average molecular weight is 1050 g/mol. The van der Waals surface area contributed by atoms with E-state index in [1.54, 1.807) is 12.1 Å². The van der Waals surface area contributed by atoms with Crippen LogP contribution in [0.3, 0.4) is 0 Å². The Morgan fingerprint density at radius 3 is 1.38 bits per heavy atom. The summed E-state index contributed by atoms with van der Waals surface area (Å²) in [6, 6.07) is 34.3. The first kappa shape index (κ1) is 68.1. The number of rotatable bonds is 18. The summed E-state index contributed by atoms with van der Waals surface area (Å²) >= 11 is 0. The Bertz CT molecular complexity index is 2660. The monoisotopic (exact) mass is 1050 g/mol. The van der Waals surface area contributed by atoms with Crippen molar-refractivity contribution in [3.63, 3.8) is 0 Å². The maximum atomic E-state index is 10.5. The SMILES string of the molecule is C=CCc1cccc(/C=C/C(C)C)n1.CC(C)/C=C/c1cccc(CC(O)CO)n1.CC(C)c1cccc(C(=O)O)n1.CC(C)c1cccc(C=O)n1.CC(C)c1cccc(CN(C)C)n1.CC(C)c1cccc(CO)n1. The van der Waals surface area contributed by atoms with Gasteiger partial charge in [-0.15, -0.1) is 6.58 Å². The Labute approximate surface area is 461 Å². The zero-order valence-corrected chi connectivity index (χ0v) is 48.4. The molecule has 0 amide bonds. The summed E-state index contributed by atoms with van der Waals surface area (Å²) in [5, 5.41) is 35.5. The third-order valence-electron chi connectivity index (χ3n) is 10.5. The van der Waals surface area contributed by atoms with Gasteiger partial charge in [-0.25, -0.2) is 14.8 Å². The summed E-state index contributed by atoms with van der Waals surface area (Å²) in [5.41, 5.74) is 10.3. The number of carboxylic acid groups (broad SMARTS) is 1. The van der Waals surface area contributed by atoms with Gasteiger partial charge in [0.25, 0.3) is 0 Å². The second-order valence-electron chi connectivity index (χ2n) is 20.3. The molecule has 13 heteroatoms. The van der Waals surface area contributed by atoms with E-state index < -0.39 is 12.1 Å². The van der Waals surface area contributed by atoms with E-state index in [0.717, 1.165) is 70.5 Å². The minimum absolute atomic E-state index is 0.0283. The van der Waals surface area contributed by atoms with Crippen LogP contribution in [0, 0.1) is 11.8 Å². The lowest BCUT2D eigenvalue weighted by atomic mass is 10.1. The first-order valence-electron chi connectivity index (χ1n) is 26.5. The molecule has 6 aromatic rings. The molecule has 0 aliphatic heterocycles. The van der Waals surface area contributed by atoms with Gasteiger partial charge in [-0.1, -0.05) is 138 Å². The topological polar surface area (TPSA) is 196 Å². The summed E-state index contributed by atoms with van der Waals surface area (Å²) in [7, 11) is 4.12. The Morgan fingerprint density at radius 1 is 0.532 bits per heavy atom. The van der Waals surface area contributed by atoms with Crippen molar-refractivity contribution in [1.29, 1.82) is 0 Å². The van der Waals surface area contributed by atoms with E-state index in [-0.39, 0.29) is 24.8 Å². The maximum absolute atomic E-state index is 10.5. The van der Waals surface area contributed by atoms with Gasteiger partial charge in [-0.2, -0.15) is 0 Å². The second kappa shape index (κ2) is 38.6. The molecular formula is C64H89N7O6. The summed E-state index contributed by atoms with van der Waals surface area (Å²) in [5.74, 6) is 1.69. The molecule has 0 bridgehead atoms. The van der Waals surface area contributed by atoms with Crippen molar-refractivity contribution < 1.29 is 30.0 Å². The number of allylic oxidation sites excluding steroid dienone is 3. The number of nitrogens with zero attached hydrogens (tertiary/aromatic N) is 7. The zero-order valence-electron chi connectivity index (χ0n) is 48.4. The van der Waals surface area contributed by atoms with Crippen LogP contribution < -0.4 is 0 Å². The number of aromatic carboxylic acids is 1. The zero-order chi connectivity index (χ0) is 57.9. The standard InChI is InChI=1S/C13H19NO2.C13H17N.C11H18N2.C9H11NO2.C9H13NO.C9H11NO/c1-10(2)6-7-11-4-3-5-12(14-11)8-13(16)9-15;1-4-6-12-7-5-8-13(14-12)10-9-11(2)3;1-9(2)11-7-5-6-10(12-11)8-13(3)4;1-6(2)7-4-3-5-8(10-7)9(11)12;2*1-7(2)9-5-3-4-8(6-11)10-9/h3-7,10,13,15-16H,8-9H2,1-2H3;4-5,7-11H,1,6H2,2-3H3;5-7,9H,8H2,1-4H3;3-6H,1-2H3,(H,11,12);3-5,7,11H,6H2,1-2H3;3-7H,1-2H3/b7-6+;10-9+;;;;. The van der Waals surface area contributed by atoms with Crippen LogP contribution in [0.2, 0.25) is 0 Å². The first-order chi connectivity index (χ1) is 36.5. The number of carbonyl (C=O) groups is 2. The summed E-state index contributed by atoms with van der Waals surface area (Å²) in [4.78, 5) is 48.7. The molecule has 77 heavy (non-hydrogen) atoms. The third-order valence-corrected chi connectivity index (χ3v) is 10.5. The third kappa shape index (κ3) is 31.0. The van der Waals surface area contributed by atoms with E-state index in [1.807, 2.05) is 98.8 Å². The van der Waals surface area contributed by atoms with Crippen LogP contribution in [0.5, 0.6) is 0 Å². The molecule has 13 nitrogen and oxygen atoms in total. The Kier molecular flexibility index (Phi) is 34.2. The number of hydrogen-bond donors (Lipinski definition) is 4. The molecule has 0 fully saturated rings. The number of pyridine rings is 6. The van der Waals surface area contributed by atoms with Gasteiger partial charge in [0, 0.05) is 53.5 Å². The lowest BCUT2D eigenvalue weighted by Crippen LogP contribution is -2.15. The highest BCUT2D eigenvalue weighted by Gasteiger charge is 2.08.